The van der Waals surface area contributed by atoms with Gasteiger partial charge in [0.05, 0.1) is 16.4 Å². The Balaban J connectivity index is 1.58. The van der Waals surface area contributed by atoms with Crippen molar-refractivity contribution >= 4 is 42.2 Å². The van der Waals surface area contributed by atoms with E-state index in [0.29, 0.717) is 19.8 Å². The highest BCUT2D eigenvalue weighted by Gasteiger charge is 2.27. The number of ether oxygens (including phenoxy) is 2. The van der Waals surface area contributed by atoms with E-state index in [-0.39, 0.29) is 6.09 Å². The lowest BCUT2D eigenvalue weighted by atomic mass is 10.2. The van der Waals surface area contributed by atoms with Crippen LogP contribution < -0.4 is 4.90 Å². The van der Waals surface area contributed by atoms with Gasteiger partial charge in [0.2, 0.25) is 0 Å². The summed E-state index contributed by atoms with van der Waals surface area (Å²) in [6, 6.07) is 5.38. The summed E-state index contributed by atoms with van der Waals surface area (Å²) < 4.78 is 13.9. The third-order valence-corrected chi connectivity index (χ3v) is 8.62. The van der Waals surface area contributed by atoms with E-state index in [9.17, 15) is 4.79 Å². The largest absolute Gasteiger partial charge is 0.444 e. The first kappa shape index (κ1) is 26.6. The highest BCUT2D eigenvalue weighted by Crippen LogP contribution is 2.34. The average molecular weight is 530 g/mol. The molecule has 0 atom stereocenters. The van der Waals surface area contributed by atoms with E-state index in [0.717, 1.165) is 58.9 Å². The molecule has 0 aliphatic carbocycles. The van der Waals surface area contributed by atoms with Crippen LogP contribution in [-0.4, -0.2) is 72.0 Å². The minimum Gasteiger partial charge on any atom is -0.444 e. The molecule has 36 heavy (non-hydrogen) atoms. The van der Waals surface area contributed by atoms with Crippen LogP contribution in [0.4, 0.5) is 10.5 Å². The number of pyridine rings is 1. The van der Waals surface area contributed by atoms with E-state index in [1.807, 2.05) is 33.9 Å². The molecular formula is C26H39N5O3SSi. The predicted octanol–water partition coefficient (Wildman–Crippen LogP) is 5.84. The standard InChI is InChI=1S/C26H39N5O3SSi/c1-19-28-21(17-35-19)23-16-20-22(29-10-12-30(13-11-29)25(32)34-26(2,3)4)8-9-27-24(20)31(23)18-33-14-15-36(5,6)7/h8-9,16-17H,10-15,18H2,1-7H3. The fourth-order valence-electron chi connectivity index (χ4n) is 4.22. The normalized spacial score (nSPS) is 15.1. The van der Waals surface area contributed by atoms with Gasteiger partial charge in [0, 0.05) is 63.5 Å². The average Bonchev–Trinajstić information content (AvgIpc) is 3.38. The van der Waals surface area contributed by atoms with Gasteiger partial charge in [-0.15, -0.1) is 11.3 Å². The summed E-state index contributed by atoms with van der Waals surface area (Å²) in [7, 11) is -1.17. The first-order valence-electron chi connectivity index (χ1n) is 12.6. The van der Waals surface area contributed by atoms with Gasteiger partial charge in [-0.05, 0) is 45.9 Å². The molecule has 0 aromatic carbocycles. The maximum absolute atomic E-state index is 12.5. The number of nitrogens with zero attached hydrogens (tertiary/aromatic N) is 5. The smallest absolute Gasteiger partial charge is 0.410 e. The van der Waals surface area contributed by atoms with Crippen LogP contribution in [0.5, 0.6) is 0 Å². The van der Waals surface area contributed by atoms with Crippen LogP contribution in [0.15, 0.2) is 23.7 Å². The van der Waals surface area contributed by atoms with Crippen molar-refractivity contribution < 1.29 is 14.3 Å². The maximum Gasteiger partial charge on any atom is 0.410 e. The van der Waals surface area contributed by atoms with Crippen molar-refractivity contribution in [3.63, 3.8) is 0 Å². The van der Waals surface area contributed by atoms with Gasteiger partial charge in [0.25, 0.3) is 0 Å². The van der Waals surface area contributed by atoms with E-state index >= 15 is 0 Å². The highest BCUT2D eigenvalue weighted by atomic mass is 32.1. The minimum atomic E-state index is -1.17. The zero-order valence-corrected chi connectivity index (χ0v) is 24.4. The molecule has 1 aliphatic rings. The maximum atomic E-state index is 12.5. The Morgan fingerprint density at radius 3 is 2.50 bits per heavy atom. The van der Waals surface area contributed by atoms with Crippen LogP contribution in [0.25, 0.3) is 22.4 Å². The second kappa shape index (κ2) is 10.5. The zero-order valence-electron chi connectivity index (χ0n) is 22.6. The van der Waals surface area contributed by atoms with Crippen molar-refractivity contribution in [3.05, 3.63) is 28.7 Å². The Hall–Kier alpha value is -2.43. The minimum absolute atomic E-state index is 0.246. The second-order valence-corrected chi connectivity index (χ2v) is 18.3. The summed E-state index contributed by atoms with van der Waals surface area (Å²) in [5, 5.41) is 4.21. The van der Waals surface area contributed by atoms with E-state index in [1.165, 1.54) is 0 Å². The first-order valence-corrected chi connectivity index (χ1v) is 17.2. The Morgan fingerprint density at radius 1 is 1.17 bits per heavy atom. The van der Waals surface area contributed by atoms with Gasteiger partial charge in [-0.2, -0.15) is 0 Å². The van der Waals surface area contributed by atoms with Gasteiger partial charge in [-0.3, -0.25) is 4.57 Å². The number of hydrogen-bond donors (Lipinski definition) is 0. The Bertz CT molecular complexity index is 1200. The number of amides is 1. The highest BCUT2D eigenvalue weighted by molar-refractivity contribution is 7.09. The number of hydrogen-bond acceptors (Lipinski definition) is 7. The van der Waals surface area contributed by atoms with E-state index in [4.69, 9.17) is 19.4 Å². The van der Waals surface area contributed by atoms with Crippen LogP contribution >= 0.6 is 11.3 Å². The summed E-state index contributed by atoms with van der Waals surface area (Å²) in [6.45, 7) is 18.7. The summed E-state index contributed by atoms with van der Waals surface area (Å²) in [5.41, 5.74) is 3.50. The van der Waals surface area contributed by atoms with Crippen molar-refractivity contribution in [3.8, 4) is 11.4 Å². The molecule has 1 aliphatic heterocycles. The summed E-state index contributed by atoms with van der Waals surface area (Å²) >= 11 is 1.65. The Morgan fingerprint density at radius 2 is 1.89 bits per heavy atom. The SMILES string of the molecule is Cc1nc(-c2cc3c(N4CCN(C(=O)OC(C)(C)C)CC4)ccnc3n2COCC[Si](C)(C)C)cs1. The van der Waals surface area contributed by atoms with Crippen LogP contribution in [0, 0.1) is 6.92 Å². The van der Waals surface area contributed by atoms with Crippen molar-refractivity contribution in [1.82, 2.24) is 19.4 Å². The summed E-state index contributed by atoms with van der Waals surface area (Å²) in [4.78, 5) is 26.2. The van der Waals surface area contributed by atoms with Gasteiger partial charge in [0.1, 0.15) is 18.0 Å². The quantitative estimate of drug-likeness (QED) is 0.283. The molecule has 1 saturated heterocycles. The molecule has 0 spiro atoms. The molecule has 0 unspecified atom stereocenters. The van der Waals surface area contributed by atoms with E-state index in [2.05, 4.69) is 46.6 Å². The molecule has 1 amide bonds. The van der Waals surface area contributed by atoms with Gasteiger partial charge < -0.3 is 19.3 Å². The number of carbonyl (C=O) groups excluding carboxylic acids is 1. The summed E-state index contributed by atoms with van der Waals surface area (Å²) in [5.74, 6) is 0. The molecule has 0 saturated carbocycles. The number of fused-ring (bicyclic) bond motifs is 1. The number of aryl methyl sites for hydroxylation is 1. The molecule has 3 aromatic heterocycles. The summed E-state index contributed by atoms with van der Waals surface area (Å²) in [6.07, 6.45) is 1.62. The molecule has 8 nitrogen and oxygen atoms in total. The number of carbonyl (C=O) groups is 1. The lowest BCUT2D eigenvalue weighted by Crippen LogP contribution is -2.50. The third kappa shape index (κ3) is 6.46. The molecule has 0 N–H and O–H groups in total. The lowest BCUT2D eigenvalue weighted by molar-refractivity contribution is 0.0240. The van der Waals surface area contributed by atoms with Gasteiger partial charge >= 0.3 is 6.09 Å². The van der Waals surface area contributed by atoms with Crippen LogP contribution in [-0.2, 0) is 16.2 Å². The first-order chi connectivity index (χ1) is 16.9. The number of aromatic nitrogens is 3. The molecule has 1 fully saturated rings. The van der Waals surface area contributed by atoms with Gasteiger partial charge in [0.15, 0.2) is 0 Å². The number of anilines is 1. The van der Waals surface area contributed by atoms with Crippen molar-refractivity contribution in [2.45, 2.75) is 65.7 Å². The monoisotopic (exact) mass is 529 g/mol. The molecule has 4 rings (SSSR count). The van der Waals surface area contributed by atoms with Crippen molar-refractivity contribution in [1.29, 1.82) is 0 Å². The second-order valence-electron chi connectivity index (χ2n) is 11.6. The molecule has 0 bridgehead atoms. The Labute approximate surface area is 219 Å². The molecule has 10 heteroatoms. The molecule has 4 heterocycles. The fourth-order valence-corrected chi connectivity index (χ4v) is 5.59. The van der Waals surface area contributed by atoms with Gasteiger partial charge in [-0.1, -0.05) is 19.6 Å². The van der Waals surface area contributed by atoms with Crippen LogP contribution in [0.2, 0.25) is 25.7 Å². The molecular weight excluding hydrogens is 490 g/mol. The zero-order chi connectivity index (χ0) is 26.1. The van der Waals surface area contributed by atoms with E-state index in [1.54, 1.807) is 16.2 Å². The molecule has 0 radical (unpaired) electrons. The van der Waals surface area contributed by atoms with Crippen LogP contribution in [0.3, 0.4) is 0 Å². The Kier molecular flexibility index (Phi) is 7.77. The number of piperazine rings is 1. The predicted molar refractivity (Wildman–Crippen MR) is 150 cm³/mol. The topological polar surface area (TPSA) is 72.7 Å². The fraction of sp³-hybridized carbons (Fsp3) is 0.577. The number of thiazole rings is 1. The molecule has 3 aromatic rings. The third-order valence-electron chi connectivity index (χ3n) is 6.14. The van der Waals surface area contributed by atoms with E-state index < -0.39 is 13.7 Å². The van der Waals surface area contributed by atoms with Crippen molar-refractivity contribution in [2.75, 3.05) is 37.7 Å². The number of rotatable bonds is 7. The van der Waals surface area contributed by atoms with Crippen molar-refractivity contribution in [2.24, 2.45) is 0 Å². The molecule has 196 valence electrons. The lowest BCUT2D eigenvalue weighted by Gasteiger charge is -2.37. The van der Waals surface area contributed by atoms with Crippen LogP contribution in [0.1, 0.15) is 25.8 Å². The van der Waals surface area contributed by atoms with Gasteiger partial charge in [-0.25, -0.2) is 14.8 Å².